The molecule has 1 aromatic rings. The number of aryl methyl sites for hydroxylation is 2. The standard InChI is InChI=1S/C13H22N4O/c1-10-9-11(2)17(16-10)8-7-14-13(18)15-12-5-3-4-6-12/h9,12H,3-8H2,1-2H3,(H2,14,15,18). The molecule has 1 saturated carbocycles. The lowest BCUT2D eigenvalue weighted by molar-refractivity contribution is 0.236. The zero-order chi connectivity index (χ0) is 13.0. The van der Waals surface area contributed by atoms with Crippen molar-refractivity contribution in [3.8, 4) is 0 Å². The molecule has 0 aromatic carbocycles. The van der Waals surface area contributed by atoms with Gasteiger partial charge in [0.15, 0.2) is 0 Å². The molecule has 0 spiro atoms. The van der Waals surface area contributed by atoms with E-state index in [2.05, 4.69) is 15.7 Å². The lowest BCUT2D eigenvalue weighted by atomic mass is 10.2. The molecule has 5 nitrogen and oxygen atoms in total. The molecule has 1 aliphatic carbocycles. The second-order valence-corrected chi connectivity index (χ2v) is 5.03. The molecule has 1 heterocycles. The Kier molecular flexibility index (Phi) is 4.23. The van der Waals surface area contributed by atoms with Crippen molar-refractivity contribution >= 4 is 6.03 Å². The molecule has 0 saturated heterocycles. The summed E-state index contributed by atoms with van der Waals surface area (Å²) in [6.07, 6.45) is 4.70. The maximum atomic E-state index is 11.6. The normalized spacial score (nSPS) is 15.9. The van der Waals surface area contributed by atoms with Crippen molar-refractivity contribution in [1.29, 1.82) is 0 Å². The third-order valence-corrected chi connectivity index (χ3v) is 3.40. The summed E-state index contributed by atoms with van der Waals surface area (Å²) in [4.78, 5) is 11.6. The van der Waals surface area contributed by atoms with Crippen molar-refractivity contribution in [3.63, 3.8) is 0 Å². The fourth-order valence-electron chi connectivity index (χ4n) is 2.48. The predicted octanol–water partition coefficient (Wildman–Crippen LogP) is 1.74. The molecule has 2 rings (SSSR count). The van der Waals surface area contributed by atoms with Gasteiger partial charge in [0.2, 0.25) is 0 Å². The van der Waals surface area contributed by atoms with E-state index in [0.717, 1.165) is 30.8 Å². The smallest absolute Gasteiger partial charge is 0.315 e. The zero-order valence-electron chi connectivity index (χ0n) is 11.2. The van der Waals surface area contributed by atoms with Gasteiger partial charge in [-0.15, -0.1) is 0 Å². The number of urea groups is 1. The second kappa shape index (κ2) is 5.89. The molecule has 100 valence electrons. The van der Waals surface area contributed by atoms with Crippen LogP contribution >= 0.6 is 0 Å². The summed E-state index contributed by atoms with van der Waals surface area (Å²) >= 11 is 0. The largest absolute Gasteiger partial charge is 0.336 e. The molecular formula is C13H22N4O. The van der Waals surface area contributed by atoms with E-state index in [-0.39, 0.29) is 6.03 Å². The Labute approximate surface area is 108 Å². The van der Waals surface area contributed by atoms with Crippen molar-refractivity contribution < 1.29 is 4.79 Å². The Morgan fingerprint density at radius 1 is 1.44 bits per heavy atom. The van der Waals surface area contributed by atoms with Crippen molar-refractivity contribution in [3.05, 3.63) is 17.5 Å². The summed E-state index contributed by atoms with van der Waals surface area (Å²) in [5, 5.41) is 10.2. The van der Waals surface area contributed by atoms with Crippen LogP contribution in [0.4, 0.5) is 4.79 Å². The van der Waals surface area contributed by atoms with Crippen LogP contribution in [0.2, 0.25) is 0 Å². The lowest BCUT2D eigenvalue weighted by Crippen LogP contribution is -2.42. The number of aromatic nitrogens is 2. The van der Waals surface area contributed by atoms with Gasteiger partial charge in [-0.05, 0) is 32.8 Å². The van der Waals surface area contributed by atoms with Crippen LogP contribution < -0.4 is 10.6 Å². The van der Waals surface area contributed by atoms with E-state index in [1.54, 1.807) is 0 Å². The molecule has 0 atom stereocenters. The Morgan fingerprint density at radius 2 is 2.17 bits per heavy atom. The van der Waals surface area contributed by atoms with Crippen LogP contribution in [-0.2, 0) is 6.54 Å². The molecule has 2 amide bonds. The minimum atomic E-state index is -0.0524. The van der Waals surface area contributed by atoms with E-state index in [1.165, 1.54) is 12.8 Å². The summed E-state index contributed by atoms with van der Waals surface area (Å²) < 4.78 is 1.92. The van der Waals surface area contributed by atoms with Gasteiger partial charge in [-0.1, -0.05) is 12.8 Å². The van der Waals surface area contributed by atoms with Crippen LogP contribution in [0, 0.1) is 13.8 Å². The lowest BCUT2D eigenvalue weighted by Gasteiger charge is -2.13. The van der Waals surface area contributed by atoms with E-state index in [9.17, 15) is 4.79 Å². The van der Waals surface area contributed by atoms with Crippen LogP contribution in [0.25, 0.3) is 0 Å². The summed E-state index contributed by atoms with van der Waals surface area (Å²) in [6, 6.07) is 2.36. The number of nitrogens with zero attached hydrogens (tertiary/aromatic N) is 2. The SMILES string of the molecule is Cc1cc(C)n(CCNC(=O)NC2CCCC2)n1. The maximum absolute atomic E-state index is 11.6. The van der Waals surface area contributed by atoms with Crippen LogP contribution in [0.3, 0.4) is 0 Å². The monoisotopic (exact) mass is 250 g/mol. The van der Waals surface area contributed by atoms with E-state index >= 15 is 0 Å². The van der Waals surface area contributed by atoms with Crippen molar-refractivity contribution in [2.75, 3.05) is 6.54 Å². The van der Waals surface area contributed by atoms with Crippen LogP contribution in [0.5, 0.6) is 0 Å². The first kappa shape index (κ1) is 12.9. The van der Waals surface area contributed by atoms with Gasteiger partial charge in [-0.25, -0.2) is 4.79 Å². The van der Waals surface area contributed by atoms with Gasteiger partial charge in [0.25, 0.3) is 0 Å². The summed E-state index contributed by atoms with van der Waals surface area (Å²) in [5.41, 5.74) is 2.15. The van der Waals surface area contributed by atoms with Gasteiger partial charge in [0.05, 0.1) is 12.2 Å². The molecular weight excluding hydrogens is 228 g/mol. The average molecular weight is 250 g/mol. The number of hydrogen-bond acceptors (Lipinski definition) is 2. The van der Waals surface area contributed by atoms with Gasteiger partial charge < -0.3 is 10.6 Å². The van der Waals surface area contributed by atoms with E-state index in [4.69, 9.17) is 0 Å². The molecule has 1 aliphatic rings. The van der Waals surface area contributed by atoms with Crippen LogP contribution in [-0.4, -0.2) is 28.4 Å². The molecule has 0 unspecified atom stereocenters. The number of hydrogen-bond donors (Lipinski definition) is 2. The van der Waals surface area contributed by atoms with Gasteiger partial charge in [0.1, 0.15) is 0 Å². The fourth-order valence-corrected chi connectivity index (χ4v) is 2.48. The Hall–Kier alpha value is -1.52. The molecule has 1 fully saturated rings. The highest BCUT2D eigenvalue weighted by atomic mass is 16.2. The average Bonchev–Trinajstić information content (AvgIpc) is 2.89. The van der Waals surface area contributed by atoms with Crippen molar-refractivity contribution in [1.82, 2.24) is 20.4 Å². The minimum Gasteiger partial charge on any atom is -0.336 e. The zero-order valence-corrected chi connectivity index (χ0v) is 11.2. The molecule has 2 N–H and O–H groups in total. The highest BCUT2D eigenvalue weighted by Crippen LogP contribution is 2.17. The number of amides is 2. The first-order chi connectivity index (χ1) is 8.65. The summed E-state index contributed by atoms with van der Waals surface area (Å²) in [6.45, 7) is 5.33. The van der Waals surface area contributed by atoms with E-state index in [0.29, 0.717) is 12.6 Å². The third-order valence-electron chi connectivity index (χ3n) is 3.40. The fraction of sp³-hybridized carbons (Fsp3) is 0.692. The van der Waals surface area contributed by atoms with Crippen LogP contribution in [0.15, 0.2) is 6.07 Å². The molecule has 18 heavy (non-hydrogen) atoms. The Balaban J connectivity index is 1.68. The van der Waals surface area contributed by atoms with Gasteiger partial charge in [-0.2, -0.15) is 5.10 Å². The number of rotatable bonds is 4. The van der Waals surface area contributed by atoms with Crippen LogP contribution in [0.1, 0.15) is 37.1 Å². The van der Waals surface area contributed by atoms with Crippen molar-refractivity contribution in [2.45, 2.75) is 52.1 Å². The first-order valence-corrected chi connectivity index (χ1v) is 6.70. The Morgan fingerprint density at radius 3 is 2.78 bits per heavy atom. The minimum absolute atomic E-state index is 0.0524. The summed E-state index contributed by atoms with van der Waals surface area (Å²) in [5.74, 6) is 0. The Bertz CT molecular complexity index is 407. The van der Waals surface area contributed by atoms with E-state index in [1.807, 2.05) is 24.6 Å². The first-order valence-electron chi connectivity index (χ1n) is 6.70. The highest BCUT2D eigenvalue weighted by molar-refractivity contribution is 5.74. The van der Waals surface area contributed by atoms with E-state index < -0.39 is 0 Å². The second-order valence-electron chi connectivity index (χ2n) is 5.03. The molecule has 0 radical (unpaired) electrons. The van der Waals surface area contributed by atoms with Gasteiger partial charge in [-0.3, -0.25) is 4.68 Å². The van der Waals surface area contributed by atoms with Gasteiger partial charge >= 0.3 is 6.03 Å². The maximum Gasteiger partial charge on any atom is 0.315 e. The van der Waals surface area contributed by atoms with Gasteiger partial charge in [0, 0.05) is 18.3 Å². The predicted molar refractivity (Wildman–Crippen MR) is 70.5 cm³/mol. The number of nitrogens with one attached hydrogen (secondary N) is 2. The molecule has 1 aromatic heterocycles. The molecule has 0 bridgehead atoms. The number of carbonyl (C=O) groups excluding carboxylic acids is 1. The number of carbonyl (C=O) groups is 1. The third kappa shape index (κ3) is 3.48. The van der Waals surface area contributed by atoms with Crippen molar-refractivity contribution in [2.24, 2.45) is 0 Å². The quantitative estimate of drug-likeness (QED) is 0.855. The topological polar surface area (TPSA) is 59.0 Å². The molecule has 5 heteroatoms. The highest BCUT2D eigenvalue weighted by Gasteiger charge is 2.16. The summed E-state index contributed by atoms with van der Waals surface area (Å²) in [7, 11) is 0. The molecule has 0 aliphatic heterocycles.